The predicted molar refractivity (Wildman–Crippen MR) is 152 cm³/mol. The molecule has 0 aliphatic carbocycles. The molecule has 4 aromatic carbocycles. The van der Waals surface area contributed by atoms with Gasteiger partial charge in [0.1, 0.15) is 5.75 Å². The van der Waals surface area contributed by atoms with Crippen molar-refractivity contribution in [3.8, 4) is 5.75 Å². The summed E-state index contributed by atoms with van der Waals surface area (Å²) in [6, 6.07) is 36.1. The molecule has 35 heavy (non-hydrogen) atoms. The minimum absolute atomic E-state index is 0.0998. The molecule has 1 unspecified atom stereocenters. The van der Waals surface area contributed by atoms with Crippen LogP contribution in [0.5, 0.6) is 5.75 Å². The zero-order valence-electron chi connectivity index (χ0n) is 21.0. The third-order valence-corrected chi connectivity index (χ3v) is 9.37. The van der Waals surface area contributed by atoms with Gasteiger partial charge in [0.15, 0.2) is 0 Å². The highest BCUT2D eigenvalue weighted by Crippen LogP contribution is 2.51. The molecule has 1 atom stereocenters. The lowest BCUT2D eigenvalue weighted by molar-refractivity contribution is 0.448. The van der Waals surface area contributed by atoms with Gasteiger partial charge in [0, 0.05) is 29.5 Å². The summed E-state index contributed by atoms with van der Waals surface area (Å²) in [6.45, 7) is 8.44. The highest BCUT2D eigenvalue weighted by molar-refractivity contribution is 7.49. The van der Waals surface area contributed by atoms with Gasteiger partial charge in [0.05, 0.1) is 0 Å². The van der Waals surface area contributed by atoms with Crippen LogP contribution in [0.2, 0.25) is 0 Å². The van der Waals surface area contributed by atoms with Crippen molar-refractivity contribution in [1.29, 1.82) is 0 Å². The molecule has 0 saturated carbocycles. The van der Waals surface area contributed by atoms with Gasteiger partial charge in [-0.05, 0) is 53.9 Å². The molecule has 0 aliphatic heterocycles. The minimum atomic E-state index is -0.0998. The minimum Gasteiger partial charge on any atom is -0.508 e. The SMILES string of the molecule is CCC(CC)(Pc1c(C)cccc1N(Cc1ccccc1)Cc1ccccc1)c1ccccc1O. The topological polar surface area (TPSA) is 23.5 Å². The zero-order chi connectivity index (χ0) is 24.7. The third kappa shape index (κ3) is 5.77. The Morgan fingerprint density at radius 2 is 1.23 bits per heavy atom. The van der Waals surface area contributed by atoms with E-state index in [9.17, 15) is 5.11 Å². The molecule has 0 radical (unpaired) electrons. The molecule has 4 aromatic rings. The maximum Gasteiger partial charge on any atom is 0.119 e. The van der Waals surface area contributed by atoms with Gasteiger partial charge < -0.3 is 10.0 Å². The fourth-order valence-corrected chi connectivity index (χ4v) is 6.73. The number of aryl methyl sites for hydroxylation is 1. The monoisotopic (exact) mass is 481 g/mol. The van der Waals surface area contributed by atoms with Crippen LogP contribution in [0.1, 0.15) is 48.9 Å². The van der Waals surface area contributed by atoms with Crippen LogP contribution in [0.25, 0.3) is 0 Å². The quantitative estimate of drug-likeness (QED) is 0.233. The Hall–Kier alpha value is -3.09. The summed E-state index contributed by atoms with van der Waals surface area (Å²) < 4.78 is 0. The van der Waals surface area contributed by atoms with Gasteiger partial charge in [0.25, 0.3) is 0 Å². The number of benzene rings is 4. The summed E-state index contributed by atoms with van der Waals surface area (Å²) >= 11 is 0. The van der Waals surface area contributed by atoms with Gasteiger partial charge in [-0.2, -0.15) is 0 Å². The average molecular weight is 482 g/mol. The van der Waals surface area contributed by atoms with Crippen LogP contribution in [-0.2, 0) is 18.2 Å². The van der Waals surface area contributed by atoms with E-state index in [1.54, 1.807) is 0 Å². The highest BCUT2D eigenvalue weighted by atomic mass is 31.1. The third-order valence-electron chi connectivity index (χ3n) is 7.02. The lowest BCUT2D eigenvalue weighted by atomic mass is 9.92. The van der Waals surface area contributed by atoms with Crippen LogP contribution >= 0.6 is 8.58 Å². The molecule has 0 amide bonds. The molecule has 0 heterocycles. The van der Waals surface area contributed by atoms with Crippen LogP contribution in [0.3, 0.4) is 0 Å². The summed E-state index contributed by atoms with van der Waals surface area (Å²) in [6.07, 6.45) is 1.95. The summed E-state index contributed by atoms with van der Waals surface area (Å²) in [5.74, 6) is 0.407. The number of anilines is 1. The van der Waals surface area contributed by atoms with E-state index in [4.69, 9.17) is 0 Å². The van der Waals surface area contributed by atoms with Crippen molar-refractivity contribution < 1.29 is 5.11 Å². The van der Waals surface area contributed by atoms with Crippen molar-refractivity contribution in [3.63, 3.8) is 0 Å². The fourth-order valence-electron chi connectivity index (χ4n) is 4.90. The Balaban J connectivity index is 1.79. The van der Waals surface area contributed by atoms with Crippen molar-refractivity contribution in [1.82, 2.24) is 0 Å². The number of nitrogens with zero attached hydrogens (tertiary/aromatic N) is 1. The molecule has 0 fully saturated rings. The second-order valence-electron chi connectivity index (χ2n) is 9.23. The van der Waals surface area contributed by atoms with Crippen molar-refractivity contribution in [3.05, 3.63) is 125 Å². The normalized spacial score (nSPS) is 11.7. The Morgan fingerprint density at radius 3 is 1.77 bits per heavy atom. The number of hydrogen-bond acceptors (Lipinski definition) is 2. The summed E-state index contributed by atoms with van der Waals surface area (Å²) in [5, 5.41) is 12.1. The number of hydrogen-bond donors (Lipinski definition) is 1. The van der Waals surface area contributed by atoms with Gasteiger partial charge in [-0.3, -0.25) is 0 Å². The van der Waals surface area contributed by atoms with Crippen molar-refractivity contribution in [2.45, 2.75) is 51.9 Å². The molecule has 4 rings (SSSR count). The summed E-state index contributed by atoms with van der Waals surface area (Å²) in [4.78, 5) is 2.51. The Morgan fingerprint density at radius 1 is 0.686 bits per heavy atom. The number of para-hydroxylation sites is 1. The lowest BCUT2D eigenvalue weighted by Crippen LogP contribution is -2.29. The molecular formula is C32H36NOP. The van der Waals surface area contributed by atoms with Crippen LogP contribution in [0.4, 0.5) is 5.69 Å². The second-order valence-corrected chi connectivity index (χ2v) is 10.9. The molecule has 180 valence electrons. The number of aromatic hydroxyl groups is 1. The van der Waals surface area contributed by atoms with Crippen LogP contribution in [0.15, 0.2) is 103 Å². The van der Waals surface area contributed by atoms with Crippen LogP contribution in [0, 0.1) is 6.92 Å². The number of rotatable bonds is 10. The largest absolute Gasteiger partial charge is 0.508 e. The van der Waals surface area contributed by atoms with Crippen molar-refractivity contribution >= 4 is 19.6 Å². The second kappa shape index (κ2) is 11.6. The maximum absolute atomic E-state index is 10.8. The molecule has 1 N–H and O–H groups in total. The Labute approximate surface area is 212 Å². The van der Waals surface area contributed by atoms with E-state index in [-0.39, 0.29) is 5.16 Å². The van der Waals surface area contributed by atoms with Crippen molar-refractivity contribution in [2.75, 3.05) is 4.90 Å². The molecule has 2 nitrogen and oxygen atoms in total. The smallest absolute Gasteiger partial charge is 0.119 e. The highest BCUT2D eigenvalue weighted by Gasteiger charge is 2.33. The van der Waals surface area contributed by atoms with E-state index in [0.717, 1.165) is 31.5 Å². The van der Waals surface area contributed by atoms with Crippen LogP contribution < -0.4 is 10.2 Å². The summed E-state index contributed by atoms with van der Waals surface area (Å²) in [7, 11) is 0.550. The van der Waals surface area contributed by atoms with Crippen LogP contribution in [-0.4, -0.2) is 5.11 Å². The molecule has 3 heteroatoms. The van der Waals surface area contributed by atoms with Gasteiger partial charge in [0.2, 0.25) is 0 Å². The van der Waals surface area contributed by atoms with Gasteiger partial charge >= 0.3 is 0 Å². The lowest BCUT2D eigenvalue weighted by Gasteiger charge is -2.36. The average Bonchev–Trinajstić information content (AvgIpc) is 2.89. The summed E-state index contributed by atoms with van der Waals surface area (Å²) in [5.41, 5.74) is 6.27. The number of phenolic OH excluding ortho intramolecular Hbond substituents is 1. The van der Waals surface area contributed by atoms with Gasteiger partial charge in [-0.15, -0.1) is 0 Å². The standard InChI is InChI=1S/C32H36NOP/c1-4-32(5-2,28-20-12-13-22-30(28)34)35-31-25(3)15-14-21-29(31)33(23-26-16-8-6-9-17-26)24-27-18-10-7-11-19-27/h6-22,34-35H,4-5,23-24H2,1-3H3. The zero-order valence-corrected chi connectivity index (χ0v) is 22.0. The van der Waals surface area contributed by atoms with E-state index < -0.39 is 0 Å². The molecular weight excluding hydrogens is 445 g/mol. The van der Waals surface area contributed by atoms with E-state index in [0.29, 0.717) is 14.3 Å². The van der Waals surface area contributed by atoms with E-state index in [1.807, 2.05) is 12.1 Å². The Bertz CT molecular complexity index is 1180. The van der Waals surface area contributed by atoms with Gasteiger partial charge in [-0.25, -0.2) is 0 Å². The molecule has 0 aliphatic rings. The van der Waals surface area contributed by atoms with E-state index in [2.05, 4.69) is 117 Å². The maximum atomic E-state index is 10.8. The number of phenols is 1. The first-order chi connectivity index (χ1) is 17.1. The van der Waals surface area contributed by atoms with Crippen molar-refractivity contribution in [2.24, 2.45) is 0 Å². The first kappa shape index (κ1) is 25.0. The molecule has 0 aromatic heterocycles. The molecule has 0 spiro atoms. The van der Waals surface area contributed by atoms with E-state index >= 15 is 0 Å². The molecule has 0 saturated heterocycles. The van der Waals surface area contributed by atoms with E-state index in [1.165, 1.54) is 27.7 Å². The molecule has 0 bridgehead atoms. The van der Waals surface area contributed by atoms with Gasteiger partial charge in [-0.1, -0.05) is 113 Å². The fraction of sp³-hybridized carbons (Fsp3) is 0.250. The predicted octanol–water partition coefficient (Wildman–Crippen LogP) is 7.93. The Kier molecular flexibility index (Phi) is 8.26. The first-order valence-corrected chi connectivity index (χ1v) is 13.6. The first-order valence-electron chi connectivity index (χ1n) is 12.6.